The second-order valence-corrected chi connectivity index (χ2v) is 6.79. The van der Waals surface area contributed by atoms with Crippen molar-refractivity contribution < 1.29 is 14.6 Å². The van der Waals surface area contributed by atoms with E-state index in [9.17, 15) is 9.90 Å². The van der Waals surface area contributed by atoms with Crippen LogP contribution in [0.3, 0.4) is 0 Å². The minimum Gasteiger partial charge on any atom is -0.480 e. The Kier molecular flexibility index (Phi) is 5.46. The van der Waals surface area contributed by atoms with Crippen LogP contribution >= 0.6 is 27.5 Å². The minimum atomic E-state index is -1.15. The summed E-state index contributed by atoms with van der Waals surface area (Å²) in [4.78, 5) is 11.6. The maximum Gasteiger partial charge on any atom is 0.329 e. The first-order chi connectivity index (χ1) is 9.09. The molecule has 4 nitrogen and oxygen atoms in total. The van der Waals surface area contributed by atoms with E-state index in [1.807, 2.05) is 13.8 Å². The van der Waals surface area contributed by atoms with E-state index < -0.39 is 17.1 Å². The molecule has 0 saturated carbocycles. The van der Waals surface area contributed by atoms with E-state index in [1.54, 1.807) is 32.2 Å². The lowest BCUT2D eigenvalue weighted by Crippen LogP contribution is -2.49. The van der Waals surface area contributed by atoms with Gasteiger partial charge in [-0.2, -0.15) is 0 Å². The fourth-order valence-electron chi connectivity index (χ4n) is 1.99. The Hall–Kier alpha value is -0.780. The van der Waals surface area contributed by atoms with Gasteiger partial charge in [-0.3, -0.25) is 0 Å². The van der Waals surface area contributed by atoms with Gasteiger partial charge in [0.15, 0.2) is 0 Å². The number of hydrogen-bond donors (Lipinski definition) is 2. The molecule has 0 aliphatic rings. The summed E-state index contributed by atoms with van der Waals surface area (Å²) in [6.07, 6.45) is 0.312. The molecule has 1 atom stereocenters. The average Bonchev–Trinajstić information content (AvgIpc) is 2.33. The molecule has 0 radical (unpaired) electrons. The number of anilines is 1. The molecule has 0 aromatic heterocycles. The van der Waals surface area contributed by atoms with Crippen LogP contribution in [-0.2, 0) is 9.53 Å². The number of ether oxygens (including phenoxy) is 1. The molecule has 0 fully saturated rings. The maximum atomic E-state index is 11.6. The van der Waals surface area contributed by atoms with Crippen molar-refractivity contribution in [1.82, 2.24) is 0 Å². The van der Waals surface area contributed by atoms with Gasteiger partial charge < -0.3 is 15.2 Å². The smallest absolute Gasteiger partial charge is 0.329 e. The number of rotatable bonds is 6. The fourth-order valence-corrected chi connectivity index (χ4v) is 2.49. The zero-order valence-corrected chi connectivity index (χ0v) is 14.3. The molecule has 1 aromatic rings. The number of benzene rings is 1. The summed E-state index contributed by atoms with van der Waals surface area (Å²) in [5, 5.41) is 13.1. The molecule has 0 spiro atoms. The second kappa shape index (κ2) is 6.33. The molecular formula is C14H19BrClNO3. The highest BCUT2D eigenvalue weighted by molar-refractivity contribution is 9.10. The van der Waals surface area contributed by atoms with Crippen LogP contribution in [0.2, 0.25) is 5.02 Å². The molecule has 0 heterocycles. The van der Waals surface area contributed by atoms with E-state index in [-0.39, 0.29) is 0 Å². The van der Waals surface area contributed by atoms with E-state index in [2.05, 4.69) is 21.2 Å². The minimum absolute atomic E-state index is 0.312. The van der Waals surface area contributed by atoms with E-state index in [0.29, 0.717) is 21.6 Å². The van der Waals surface area contributed by atoms with E-state index in [0.717, 1.165) is 0 Å². The quantitative estimate of drug-likeness (QED) is 0.795. The molecule has 1 unspecified atom stereocenters. The van der Waals surface area contributed by atoms with Gasteiger partial charge >= 0.3 is 5.97 Å². The Bertz CT molecular complexity index is 507. The van der Waals surface area contributed by atoms with Crippen molar-refractivity contribution in [2.75, 3.05) is 12.4 Å². The molecule has 1 aromatic carbocycles. The Morgan fingerprint density at radius 3 is 2.50 bits per heavy atom. The summed E-state index contributed by atoms with van der Waals surface area (Å²) in [7, 11) is 1.57. The highest BCUT2D eigenvalue weighted by atomic mass is 79.9. The SMILES string of the molecule is COC(C)(C)CC(C)(Nc1ccc(Cl)c(Br)c1)C(=O)O. The summed E-state index contributed by atoms with van der Waals surface area (Å²) < 4.78 is 6.04. The molecule has 2 N–H and O–H groups in total. The molecule has 20 heavy (non-hydrogen) atoms. The molecule has 112 valence electrons. The van der Waals surface area contributed by atoms with Crippen molar-refractivity contribution in [1.29, 1.82) is 0 Å². The van der Waals surface area contributed by atoms with Gasteiger partial charge in [-0.1, -0.05) is 11.6 Å². The van der Waals surface area contributed by atoms with Gasteiger partial charge in [0, 0.05) is 23.7 Å². The summed E-state index contributed by atoms with van der Waals surface area (Å²) in [6.45, 7) is 5.35. The highest BCUT2D eigenvalue weighted by Gasteiger charge is 2.39. The van der Waals surface area contributed by atoms with Crippen LogP contribution in [0.1, 0.15) is 27.2 Å². The number of carbonyl (C=O) groups is 1. The molecule has 0 bridgehead atoms. The number of nitrogens with one attached hydrogen (secondary N) is 1. The number of aliphatic carboxylic acids is 1. The third kappa shape index (κ3) is 4.36. The topological polar surface area (TPSA) is 58.6 Å². The number of methoxy groups -OCH3 is 1. The summed E-state index contributed by atoms with van der Waals surface area (Å²) >= 11 is 9.25. The summed E-state index contributed by atoms with van der Waals surface area (Å²) in [5.74, 6) is -0.936. The van der Waals surface area contributed by atoms with Gasteiger partial charge in [-0.15, -0.1) is 0 Å². The zero-order chi connectivity index (χ0) is 15.6. The summed E-state index contributed by atoms with van der Waals surface area (Å²) in [6, 6.07) is 5.20. The molecule has 0 saturated heterocycles. The van der Waals surface area contributed by atoms with Crippen molar-refractivity contribution in [2.24, 2.45) is 0 Å². The van der Waals surface area contributed by atoms with Crippen LogP contribution < -0.4 is 5.32 Å². The summed E-state index contributed by atoms with van der Waals surface area (Å²) in [5.41, 5.74) is -1.02. The van der Waals surface area contributed by atoms with Crippen molar-refractivity contribution >= 4 is 39.2 Å². The Labute approximate surface area is 132 Å². The predicted molar refractivity (Wildman–Crippen MR) is 84.5 cm³/mol. The third-order valence-corrected chi connectivity index (χ3v) is 4.36. The number of hydrogen-bond acceptors (Lipinski definition) is 3. The van der Waals surface area contributed by atoms with Crippen LogP contribution in [0.4, 0.5) is 5.69 Å². The van der Waals surface area contributed by atoms with Crippen molar-refractivity contribution in [3.05, 3.63) is 27.7 Å². The third-order valence-electron chi connectivity index (χ3n) is 3.14. The highest BCUT2D eigenvalue weighted by Crippen LogP contribution is 2.30. The second-order valence-electron chi connectivity index (χ2n) is 5.53. The van der Waals surface area contributed by atoms with Crippen molar-refractivity contribution in [2.45, 2.75) is 38.3 Å². The van der Waals surface area contributed by atoms with Gasteiger partial charge in [0.25, 0.3) is 0 Å². The molecule has 0 aliphatic heterocycles. The van der Waals surface area contributed by atoms with Crippen LogP contribution in [0.15, 0.2) is 22.7 Å². The standard InChI is InChI=1S/C14H19BrClNO3/c1-13(2,20-4)8-14(3,12(18)19)17-9-5-6-11(16)10(15)7-9/h5-7,17H,8H2,1-4H3,(H,18,19). The van der Waals surface area contributed by atoms with Gasteiger partial charge in [-0.25, -0.2) is 4.79 Å². The van der Waals surface area contributed by atoms with Gasteiger partial charge in [0.05, 0.1) is 10.6 Å². The first kappa shape index (κ1) is 17.3. The number of carboxylic acids is 1. The van der Waals surface area contributed by atoms with Gasteiger partial charge in [0.2, 0.25) is 0 Å². The van der Waals surface area contributed by atoms with Crippen molar-refractivity contribution in [3.8, 4) is 0 Å². The Balaban J connectivity index is 3.02. The molecule has 6 heteroatoms. The largest absolute Gasteiger partial charge is 0.480 e. The van der Waals surface area contributed by atoms with Gasteiger partial charge in [0.1, 0.15) is 5.54 Å². The molecule has 0 amide bonds. The monoisotopic (exact) mass is 363 g/mol. The van der Waals surface area contributed by atoms with Crippen LogP contribution in [-0.4, -0.2) is 29.3 Å². The normalized spacial score (nSPS) is 14.7. The van der Waals surface area contributed by atoms with Crippen molar-refractivity contribution in [3.63, 3.8) is 0 Å². The van der Waals surface area contributed by atoms with E-state index in [1.165, 1.54) is 0 Å². The average molecular weight is 365 g/mol. The molecular weight excluding hydrogens is 346 g/mol. The van der Waals surface area contributed by atoms with Crippen LogP contribution in [0.5, 0.6) is 0 Å². The first-order valence-electron chi connectivity index (χ1n) is 6.11. The van der Waals surface area contributed by atoms with Crippen LogP contribution in [0.25, 0.3) is 0 Å². The van der Waals surface area contributed by atoms with Gasteiger partial charge in [-0.05, 0) is 54.9 Å². The number of carboxylic acid groups (broad SMARTS) is 1. The predicted octanol–water partition coefficient (Wildman–Crippen LogP) is 4.17. The Morgan fingerprint density at radius 2 is 2.05 bits per heavy atom. The fraction of sp³-hybridized carbons (Fsp3) is 0.500. The zero-order valence-electron chi connectivity index (χ0n) is 12.0. The first-order valence-corrected chi connectivity index (χ1v) is 7.28. The molecule has 1 rings (SSSR count). The lowest BCUT2D eigenvalue weighted by atomic mass is 9.87. The van der Waals surface area contributed by atoms with E-state index in [4.69, 9.17) is 16.3 Å². The lowest BCUT2D eigenvalue weighted by molar-refractivity contribution is -0.144. The van der Waals surface area contributed by atoms with E-state index >= 15 is 0 Å². The lowest BCUT2D eigenvalue weighted by Gasteiger charge is -2.35. The number of halogens is 2. The van der Waals surface area contributed by atoms with Crippen LogP contribution in [0, 0.1) is 0 Å². The Morgan fingerprint density at radius 1 is 1.45 bits per heavy atom. The maximum absolute atomic E-state index is 11.6. The molecule has 0 aliphatic carbocycles.